The van der Waals surface area contributed by atoms with Crippen molar-refractivity contribution in [3.8, 4) is 0 Å². The van der Waals surface area contributed by atoms with E-state index in [0.29, 0.717) is 0 Å². The molecule has 2 aliphatic heterocycles. The van der Waals surface area contributed by atoms with Crippen molar-refractivity contribution in [2.24, 2.45) is 10.7 Å². The van der Waals surface area contributed by atoms with Crippen LogP contribution < -0.4 is 5.73 Å². The summed E-state index contributed by atoms with van der Waals surface area (Å²) < 4.78 is 0. The molecule has 1 unspecified atom stereocenters. The molecule has 0 aromatic rings. The van der Waals surface area contributed by atoms with Gasteiger partial charge in [-0.25, -0.2) is 0 Å². The first-order chi connectivity index (χ1) is 7.81. The fourth-order valence-corrected chi connectivity index (χ4v) is 2.69. The number of hydrogen-bond donors (Lipinski definition) is 1. The molecule has 0 amide bonds. The van der Waals surface area contributed by atoms with E-state index in [-0.39, 0.29) is 0 Å². The van der Waals surface area contributed by atoms with E-state index < -0.39 is 0 Å². The van der Waals surface area contributed by atoms with Crippen molar-refractivity contribution >= 4 is 5.96 Å². The van der Waals surface area contributed by atoms with Crippen LogP contribution in [0.25, 0.3) is 0 Å². The highest BCUT2D eigenvalue weighted by Gasteiger charge is 2.29. The predicted molar refractivity (Wildman–Crippen MR) is 67.6 cm³/mol. The Labute approximate surface area is 98.5 Å². The standard InChI is InChI=1S/C12H24N4/c1-2-6-14-12(13)16-9-8-15-7-4-3-5-11(15)10-16/h11H,2-10H2,1H3,(H2,13,14). The summed E-state index contributed by atoms with van der Waals surface area (Å²) in [5.74, 6) is 0.757. The van der Waals surface area contributed by atoms with E-state index in [1.807, 2.05) is 0 Å². The maximum Gasteiger partial charge on any atom is 0.191 e. The van der Waals surface area contributed by atoms with E-state index in [9.17, 15) is 0 Å². The molecular weight excluding hydrogens is 200 g/mol. The highest BCUT2D eigenvalue weighted by molar-refractivity contribution is 5.78. The molecule has 16 heavy (non-hydrogen) atoms. The Balaban J connectivity index is 1.89. The van der Waals surface area contributed by atoms with Crippen molar-refractivity contribution < 1.29 is 0 Å². The lowest BCUT2D eigenvalue weighted by Crippen LogP contribution is -2.57. The van der Waals surface area contributed by atoms with Gasteiger partial charge in [0.2, 0.25) is 0 Å². The Hall–Kier alpha value is -0.770. The molecular formula is C12H24N4. The number of fused-ring (bicyclic) bond motifs is 1. The summed E-state index contributed by atoms with van der Waals surface area (Å²) in [4.78, 5) is 9.29. The van der Waals surface area contributed by atoms with Crippen molar-refractivity contribution in [1.82, 2.24) is 9.80 Å². The Kier molecular flexibility index (Phi) is 4.04. The number of guanidine groups is 1. The normalized spacial score (nSPS) is 27.9. The molecule has 2 aliphatic rings. The molecule has 2 N–H and O–H groups in total. The van der Waals surface area contributed by atoms with Crippen LogP contribution in [0.3, 0.4) is 0 Å². The maximum absolute atomic E-state index is 6.01. The molecule has 92 valence electrons. The van der Waals surface area contributed by atoms with Gasteiger partial charge in [-0.1, -0.05) is 13.3 Å². The molecule has 4 heteroatoms. The Bertz CT molecular complexity index is 251. The molecule has 4 nitrogen and oxygen atoms in total. The maximum atomic E-state index is 6.01. The number of nitrogens with two attached hydrogens (primary N) is 1. The Morgan fingerprint density at radius 2 is 2.19 bits per heavy atom. The second kappa shape index (κ2) is 5.53. The van der Waals surface area contributed by atoms with Crippen LogP contribution in [0.2, 0.25) is 0 Å². The van der Waals surface area contributed by atoms with E-state index in [0.717, 1.165) is 44.6 Å². The number of piperazine rings is 1. The minimum atomic E-state index is 0.720. The highest BCUT2D eigenvalue weighted by Crippen LogP contribution is 2.20. The molecule has 2 heterocycles. The van der Waals surface area contributed by atoms with Gasteiger partial charge in [0.1, 0.15) is 0 Å². The lowest BCUT2D eigenvalue weighted by atomic mass is 10.00. The van der Waals surface area contributed by atoms with Gasteiger partial charge in [-0.2, -0.15) is 0 Å². The van der Waals surface area contributed by atoms with E-state index in [2.05, 4.69) is 21.7 Å². The van der Waals surface area contributed by atoms with Gasteiger partial charge in [0.05, 0.1) is 0 Å². The zero-order valence-electron chi connectivity index (χ0n) is 10.4. The molecule has 2 saturated heterocycles. The van der Waals surface area contributed by atoms with Gasteiger partial charge in [-0.15, -0.1) is 0 Å². The molecule has 0 spiro atoms. The zero-order chi connectivity index (χ0) is 11.4. The lowest BCUT2D eigenvalue weighted by Gasteiger charge is -2.44. The Morgan fingerprint density at radius 3 is 3.00 bits per heavy atom. The summed E-state index contributed by atoms with van der Waals surface area (Å²) in [5, 5.41) is 0. The monoisotopic (exact) mass is 224 g/mol. The Morgan fingerprint density at radius 1 is 1.31 bits per heavy atom. The van der Waals surface area contributed by atoms with Gasteiger partial charge in [0, 0.05) is 32.2 Å². The average molecular weight is 224 g/mol. The molecule has 0 aliphatic carbocycles. The van der Waals surface area contributed by atoms with Crippen molar-refractivity contribution in [3.63, 3.8) is 0 Å². The molecule has 0 bridgehead atoms. The van der Waals surface area contributed by atoms with Gasteiger partial charge < -0.3 is 10.6 Å². The summed E-state index contributed by atoms with van der Waals surface area (Å²) in [5.41, 5.74) is 6.01. The summed E-state index contributed by atoms with van der Waals surface area (Å²) in [6.07, 6.45) is 5.15. The van der Waals surface area contributed by atoms with E-state index in [1.165, 1.54) is 25.8 Å². The molecule has 0 aromatic carbocycles. The zero-order valence-corrected chi connectivity index (χ0v) is 10.4. The molecule has 1 atom stereocenters. The lowest BCUT2D eigenvalue weighted by molar-refractivity contribution is 0.0796. The fraction of sp³-hybridized carbons (Fsp3) is 0.917. The second-order valence-electron chi connectivity index (χ2n) is 4.87. The van der Waals surface area contributed by atoms with Crippen molar-refractivity contribution in [1.29, 1.82) is 0 Å². The summed E-state index contributed by atoms with van der Waals surface area (Å²) >= 11 is 0. The van der Waals surface area contributed by atoms with Crippen molar-refractivity contribution in [2.45, 2.75) is 38.6 Å². The first kappa shape index (κ1) is 11.7. The number of aliphatic imine (C=N–C) groups is 1. The minimum Gasteiger partial charge on any atom is -0.370 e. The minimum absolute atomic E-state index is 0.720. The molecule has 0 saturated carbocycles. The average Bonchev–Trinajstić information content (AvgIpc) is 2.35. The van der Waals surface area contributed by atoms with Crippen molar-refractivity contribution in [2.75, 3.05) is 32.7 Å². The number of hydrogen-bond acceptors (Lipinski definition) is 2. The molecule has 2 rings (SSSR count). The quantitative estimate of drug-likeness (QED) is 0.559. The molecule has 0 radical (unpaired) electrons. The van der Waals surface area contributed by atoms with E-state index in [4.69, 9.17) is 5.73 Å². The number of piperidine rings is 1. The SMILES string of the molecule is CCCN=C(N)N1CCN2CCCCC2C1. The van der Waals surface area contributed by atoms with E-state index >= 15 is 0 Å². The number of nitrogens with zero attached hydrogens (tertiary/aromatic N) is 3. The summed E-state index contributed by atoms with van der Waals surface area (Å²) in [6, 6.07) is 0.720. The molecule has 2 fully saturated rings. The largest absolute Gasteiger partial charge is 0.370 e. The van der Waals surface area contributed by atoms with Crippen LogP contribution in [0.1, 0.15) is 32.6 Å². The molecule has 0 aromatic heterocycles. The van der Waals surface area contributed by atoms with Gasteiger partial charge in [-0.05, 0) is 25.8 Å². The highest BCUT2D eigenvalue weighted by atomic mass is 15.3. The third kappa shape index (κ3) is 2.67. The van der Waals surface area contributed by atoms with E-state index in [1.54, 1.807) is 0 Å². The third-order valence-corrected chi connectivity index (χ3v) is 3.66. The first-order valence-corrected chi connectivity index (χ1v) is 6.60. The summed E-state index contributed by atoms with van der Waals surface area (Å²) in [7, 11) is 0. The number of rotatable bonds is 2. The van der Waals surface area contributed by atoms with Crippen LogP contribution >= 0.6 is 0 Å². The predicted octanol–water partition coefficient (Wildman–Crippen LogP) is 0.881. The first-order valence-electron chi connectivity index (χ1n) is 6.60. The van der Waals surface area contributed by atoms with Gasteiger partial charge >= 0.3 is 0 Å². The van der Waals surface area contributed by atoms with Gasteiger partial charge in [-0.3, -0.25) is 9.89 Å². The van der Waals surface area contributed by atoms with Gasteiger partial charge in [0.25, 0.3) is 0 Å². The van der Waals surface area contributed by atoms with Crippen LogP contribution in [0.5, 0.6) is 0 Å². The van der Waals surface area contributed by atoms with Crippen LogP contribution in [-0.4, -0.2) is 54.5 Å². The van der Waals surface area contributed by atoms with Crippen LogP contribution in [0.4, 0.5) is 0 Å². The fourth-order valence-electron chi connectivity index (χ4n) is 2.69. The van der Waals surface area contributed by atoms with Crippen LogP contribution in [0.15, 0.2) is 4.99 Å². The van der Waals surface area contributed by atoms with Crippen LogP contribution in [-0.2, 0) is 0 Å². The topological polar surface area (TPSA) is 44.9 Å². The second-order valence-corrected chi connectivity index (χ2v) is 4.87. The smallest absolute Gasteiger partial charge is 0.191 e. The van der Waals surface area contributed by atoms with Crippen LogP contribution in [0, 0.1) is 0 Å². The van der Waals surface area contributed by atoms with Gasteiger partial charge in [0.15, 0.2) is 5.96 Å². The summed E-state index contributed by atoms with van der Waals surface area (Å²) in [6.45, 7) is 7.57. The third-order valence-electron chi connectivity index (χ3n) is 3.66. The van der Waals surface area contributed by atoms with Crippen molar-refractivity contribution in [3.05, 3.63) is 0 Å².